The first-order valence-corrected chi connectivity index (χ1v) is 13.0. The molecule has 1 saturated heterocycles. The minimum atomic E-state index is -0.839. The highest BCUT2D eigenvalue weighted by molar-refractivity contribution is 5.70. The monoisotopic (exact) mass is 510 g/mol. The molecule has 1 N–H and O–H groups in total. The molecule has 3 heterocycles. The summed E-state index contributed by atoms with van der Waals surface area (Å²) in [6.45, 7) is 3.32. The topological polar surface area (TPSA) is 117 Å². The molecule has 0 unspecified atom stereocenters. The molecule has 2 aromatic carbocycles. The van der Waals surface area contributed by atoms with E-state index in [4.69, 9.17) is 5.11 Å². The number of likely N-dealkylation sites (tertiary alicyclic amines) is 1. The first-order valence-electron chi connectivity index (χ1n) is 13.0. The Balaban J connectivity index is 1.50. The minimum Gasteiger partial charge on any atom is -0.480 e. The van der Waals surface area contributed by atoms with Crippen molar-refractivity contribution in [3.8, 4) is 17.2 Å². The second kappa shape index (κ2) is 11.0. The molecule has 0 saturated carbocycles. The van der Waals surface area contributed by atoms with Gasteiger partial charge in [-0.15, -0.1) is 0 Å². The predicted octanol–water partition coefficient (Wildman–Crippen LogP) is 3.69. The van der Waals surface area contributed by atoms with Crippen LogP contribution in [0.15, 0.2) is 59.7 Å². The van der Waals surface area contributed by atoms with Gasteiger partial charge in [0.15, 0.2) is 0 Å². The third-order valence-electron chi connectivity index (χ3n) is 7.29. The van der Waals surface area contributed by atoms with E-state index in [1.54, 1.807) is 9.08 Å². The second-order valence-electron chi connectivity index (χ2n) is 9.75. The zero-order valence-corrected chi connectivity index (χ0v) is 21.4. The maximum absolute atomic E-state index is 14.0. The van der Waals surface area contributed by atoms with Gasteiger partial charge in [0.25, 0.3) is 5.56 Å². The van der Waals surface area contributed by atoms with Gasteiger partial charge in [0.2, 0.25) is 5.78 Å². The number of rotatable bonds is 8. The van der Waals surface area contributed by atoms with E-state index in [1.807, 2.05) is 53.4 Å². The van der Waals surface area contributed by atoms with E-state index in [1.165, 1.54) is 6.33 Å². The van der Waals surface area contributed by atoms with Gasteiger partial charge < -0.3 is 5.11 Å². The molecule has 1 aliphatic rings. The third-order valence-corrected chi connectivity index (χ3v) is 7.29. The van der Waals surface area contributed by atoms with Crippen LogP contribution in [-0.4, -0.2) is 54.8 Å². The molecule has 0 spiro atoms. The van der Waals surface area contributed by atoms with Crippen LogP contribution < -0.4 is 5.56 Å². The zero-order chi connectivity index (χ0) is 26.6. The summed E-state index contributed by atoms with van der Waals surface area (Å²) >= 11 is 0. The number of benzene rings is 2. The lowest BCUT2D eigenvalue weighted by Gasteiger charge is -2.32. The van der Waals surface area contributed by atoms with Crippen molar-refractivity contribution in [1.82, 2.24) is 24.1 Å². The molecule has 4 aromatic rings. The van der Waals surface area contributed by atoms with Gasteiger partial charge in [0.05, 0.1) is 23.9 Å². The standard InChI is InChI=1S/C29H30N6O3/c1-2-5-26-25(16-20-8-10-21(11-9-20)24-7-4-3-6-22(24)17-30)28(38)34(29-31-19-32-35(26)29)23-12-14-33(15-13-23)18-27(36)37/h3-4,6-11,19,23H,2,5,12-16,18H2,1H3,(H,36,37). The fourth-order valence-corrected chi connectivity index (χ4v) is 5.44. The van der Waals surface area contributed by atoms with E-state index in [-0.39, 0.29) is 18.1 Å². The predicted molar refractivity (Wildman–Crippen MR) is 143 cm³/mol. The summed E-state index contributed by atoms with van der Waals surface area (Å²) in [6.07, 6.45) is 4.88. The van der Waals surface area contributed by atoms with Crippen molar-refractivity contribution in [2.75, 3.05) is 19.6 Å². The van der Waals surface area contributed by atoms with Crippen LogP contribution >= 0.6 is 0 Å². The van der Waals surface area contributed by atoms with Crippen molar-refractivity contribution in [2.45, 2.75) is 45.1 Å². The number of nitrogens with zero attached hydrogens (tertiary/aromatic N) is 6. The Morgan fingerprint density at radius 1 is 1.13 bits per heavy atom. The van der Waals surface area contributed by atoms with Crippen LogP contribution in [0, 0.1) is 11.3 Å². The molecule has 1 aliphatic heterocycles. The van der Waals surface area contributed by atoms with Crippen LogP contribution in [0.1, 0.15) is 54.6 Å². The lowest BCUT2D eigenvalue weighted by atomic mass is 9.96. The van der Waals surface area contributed by atoms with E-state index in [2.05, 4.69) is 23.1 Å². The summed E-state index contributed by atoms with van der Waals surface area (Å²) in [4.78, 5) is 31.5. The number of piperidine rings is 1. The number of aryl methyl sites for hydroxylation is 1. The van der Waals surface area contributed by atoms with Crippen LogP contribution in [0.5, 0.6) is 0 Å². The molecule has 194 valence electrons. The zero-order valence-electron chi connectivity index (χ0n) is 21.4. The molecule has 0 atom stereocenters. The largest absolute Gasteiger partial charge is 0.480 e. The summed E-state index contributed by atoms with van der Waals surface area (Å²) in [5.74, 6) is -0.295. The molecule has 0 aliphatic carbocycles. The lowest BCUT2D eigenvalue weighted by Crippen LogP contribution is -2.41. The maximum Gasteiger partial charge on any atom is 0.317 e. The normalized spacial score (nSPS) is 14.5. The average Bonchev–Trinajstić information content (AvgIpc) is 3.41. The van der Waals surface area contributed by atoms with E-state index >= 15 is 0 Å². The number of fused-ring (bicyclic) bond motifs is 1. The van der Waals surface area contributed by atoms with Crippen molar-refractivity contribution < 1.29 is 9.90 Å². The van der Waals surface area contributed by atoms with Gasteiger partial charge >= 0.3 is 5.97 Å². The second-order valence-corrected chi connectivity index (χ2v) is 9.75. The molecule has 5 rings (SSSR count). The molecule has 0 radical (unpaired) electrons. The average molecular weight is 511 g/mol. The highest BCUT2D eigenvalue weighted by Gasteiger charge is 2.27. The van der Waals surface area contributed by atoms with Gasteiger partial charge in [-0.1, -0.05) is 55.8 Å². The Morgan fingerprint density at radius 3 is 2.55 bits per heavy atom. The Kier molecular flexibility index (Phi) is 7.33. The van der Waals surface area contributed by atoms with E-state index in [0.29, 0.717) is 55.7 Å². The number of carboxylic acid groups (broad SMARTS) is 1. The molecule has 0 amide bonds. The Morgan fingerprint density at radius 2 is 1.87 bits per heavy atom. The number of hydrogen-bond acceptors (Lipinski definition) is 6. The first kappa shape index (κ1) is 25.4. The highest BCUT2D eigenvalue weighted by Crippen LogP contribution is 2.26. The van der Waals surface area contributed by atoms with Crippen LogP contribution in [-0.2, 0) is 17.6 Å². The molecule has 38 heavy (non-hydrogen) atoms. The van der Waals surface area contributed by atoms with Crippen molar-refractivity contribution in [3.05, 3.63) is 87.6 Å². The highest BCUT2D eigenvalue weighted by atomic mass is 16.4. The van der Waals surface area contributed by atoms with Crippen LogP contribution in [0.4, 0.5) is 0 Å². The van der Waals surface area contributed by atoms with Gasteiger partial charge in [-0.2, -0.15) is 15.3 Å². The number of hydrogen-bond donors (Lipinski definition) is 1. The molecular formula is C29H30N6O3. The molecule has 2 aromatic heterocycles. The smallest absolute Gasteiger partial charge is 0.317 e. The van der Waals surface area contributed by atoms with Crippen molar-refractivity contribution in [2.24, 2.45) is 0 Å². The van der Waals surface area contributed by atoms with Gasteiger partial charge in [-0.3, -0.25) is 19.1 Å². The Labute approximate surface area is 220 Å². The van der Waals surface area contributed by atoms with Crippen molar-refractivity contribution >= 4 is 11.7 Å². The summed E-state index contributed by atoms with van der Waals surface area (Å²) in [5, 5.41) is 23.1. The van der Waals surface area contributed by atoms with Crippen LogP contribution in [0.25, 0.3) is 16.9 Å². The molecule has 9 heteroatoms. The third kappa shape index (κ3) is 4.95. The number of aliphatic carboxylic acids is 1. The number of nitriles is 1. The Bertz CT molecular complexity index is 1560. The fraction of sp³-hybridized carbons (Fsp3) is 0.345. The number of carbonyl (C=O) groups is 1. The quantitative estimate of drug-likeness (QED) is 0.384. The maximum atomic E-state index is 14.0. The first-order chi connectivity index (χ1) is 18.5. The summed E-state index contributed by atoms with van der Waals surface area (Å²) in [5.41, 5.74) is 5.00. The van der Waals surface area contributed by atoms with Gasteiger partial charge in [0, 0.05) is 31.1 Å². The number of aromatic nitrogens is 4. The van der Waals surface area contributed by atoms with Crippen LogP contribution in [0.3, 0.4) is 0 Å². The van der Waals surface area contributed by atoms with Gasteiger partial charge in [-0.25, -0.2) is 4.52 Å². The Hall–Kier alpha value is -4.29. The lowest BCUT2D eigenvalue weighted by molar-refractivity contribution is -0.138. The number of carboxylic acids is 1. The molecular weight excluding hydrogens is 480 g/mol. The van der Waals surface area contributed by atoms with E-state index in [0.717, 1.165) is 28.8 Å². The van der Waals surface area contributed by atoms with Gasteiger partial charge in [0.1, 0.15) is 6.33 Å². The molecule has 0 bridgehead atoms. The van der Waals surface area contributed by atoms with Crippen molar-refractivity contribution in [3.63, 3.8) is 0 Å². The molecule has 1 fully saturated rings. The summed E-state index contributed by atoms with van der Waals surface area (Å²) < 4.78 is 3.58. The fourth-order valence-electron chi connectivity index (χ4n) is 5.44. The van der Waals surface area contributed by atoms with E-state index < -0.39 is 5.97 Å². The van der Waals surface area contributed by atoms with Crippen molar-refractivity contribution in [1.29, 1.82) is 5.26 Å². The summed E-state index contributed by atoms with van der Waals surface area (Å²) in [6, 6.07) is 17.7. The van der Waals surface area contributed by atoms with Crippen LogP contribution in [0.2, 0.25) is 0 Å². The van der Waals surface area contributed by atoms with Gasteiger partial charge in [-0.05, 0) is 42.0 Å². The SMILES string of the molecule is CCCc1c(Cc2ccc(-c3ccccc3C#N)cc2)c(=O)n(C2CCN(CC(=O)O)CC2)c2ncnn12. The summed E-state index contributed by atoms with van der Waals surface area (Å²) in [7, 11) is 0. The molecule has 9 nitrogen and oxygen atoms in total. The minimum absolute atomic E-state index is 0.0114. The van der Waals surface area contributed by atoms with E-state index in [9.17, 15) is 14.9 Å².